The summed E-state index contributed by atoms with van der Waals surface area (Å²) in [5, 5.41) is 3.79. The fourth-order valence-corrected chi connectivity index (χ4v) is 3.13. The predicted molar refractivity (Wildman–Crippen MR) is 71.0 cm³/mol. The van der Waals surface area contributed by atoms with E-state index in [2.05, 4.69) is 35.6 Å². The van der Waals surface area contributed by atoms with Crippen molar-refractivity contribution in [2.45, 2.75) is 56.1 Å². The summed E-state index contributed by atoms with van der Waals surface area (Å²) in [7, 11) is 0. The standard InChI is InChI=1S/C15H22N2/c16-12-7-4-8-13(9-12)17-15-10-14(15)11-5-2-1-3-6-11/h1-3,5-6,12-15,17H,4,7-10,16H2/t12-,13-,14?,15?/m1/s1. The summed E-state index contributed by atoms with van der Waals surface area (Å²) in [6.45, 7) is 0. The average Bonchev–Trinajstić information content (AvgIpc) is 3.10. The Hall–Kier alpha value is -0.860. The van der Waals surface area contributed by atoms with Gasteiger partial charge >= 0.3 is 0 Å². The molecule has 3 N–H and O–H groups in total. The van der Waals surface area contributed by atoms with Crippen molar-refractivity contribution >= 4 is 0 Å². The third-order valence-corrected chi connectivity index (χ3v) is 4.18. The Labute approximate surface area is 104 Å². The van der Waals surface area contributed by atoms with Gasteiger partial charge in [0.1, 0.15) is 0 Å². The van der Waals surface area contributed by atoms with Crippen LogP contribution in [0.4, 0.5) is 0 Å². The van der Waals surface area contributed by atoms with Gasteiger partial charge < -0.3 is 11.1 Å². The Kier molecular flexibility index (Phi) is 3.17. The van der Waals surface area contributed by atoms with E-state index in [-0.39, 0.29) is 0 Å². The second-order valence-electron chi connectivity index (χ2n) is 5.65. The number of nitrogens with one attached hydrogen (secondary N) is 1. The minimum Gasteiger partial charge on any atom is -0.328 e. The SMILES string of the molecule is N[C@@H]1CCC[C@@H](NC2CC2c2ccccc2)C1. The second kappa shape index (κ2) is 4.79. The minimum absolute atomic E-state index is 0.426. The zero-order chi connectivity index (χ0) is 11.7. The monoisotopic (exact) mass is 230 g/mol. The molecule has 0 saturated heterocycles. The van der Waals surface area contributed by atoms with Gasteiger partial charge in [-0.05, 0) is 31.2 Å². The highest BCUT2D eigenvalue weighted by Gasteiger charge is 2.39. The van der Waals surface area contributed by atoms with Gasteiger partial charge in [-0.2, -0.15) is 0 Å². The average molecular weight is 230 g/mol. The topological polar surface area (TPSA) is 38.0 Å². The summed E-state index contributed by atoms with van der Waals surface area (Å²) in [6.07, 6.45) is 6.28. The van der Waals surface area contributed by atoms with Crippen molar-refractivity contribution in [2.24, 2.45) is 5.73 Å². The maximum atomic E-state index is 6.03. The van der Waals surface area contributed by atoms with Gasteiger partial charge in [-0.15, -0.1) is 0 Å². The van der Waals surface area contributed by atoms with Gasteiger partial charge in [0, 0.05) is 24.0 Å². The molecule has 92 valence electrons. The largest absolute Gasteiger partial charge is 0.328 e. The van der Waals surface area contributed by atoms with Gasteiger partial charge in [-0.1, -0.05) is 36.8 Å². The molecular weight excluding hydrogens is 208 g/mol. The molecule has 0 heterocycles. The molecule has 0 bridgehead atoms. The lowest BCUT2D eigenvalue weighted by Crippen LogP contribution is -2.40. The van der Waals surface area contributed by atoms with E-state index in [9.17, 15) is 0 Å². The molecule has 2 nitrogen and oxygen atoms in total. The van der Waals surface area contributed by atoms with Crippen LogP contribution in [0.25, 0.3) is 0 Å². The van der Waals surface area contributed by atoms with Gasteiger partial charge in [0.15, 0.2) is 0 Å². The first-order chi connectivity index (χ1) is 8.33. The van der Waals surface area contributed by atoms with Crippen molar-refractivity contribution in [3.63, 3.8) is 0 Å². The van der Waals surface area contributed by atoms with Gasteiger partial charge in [0.05, 0.1) is 0 Å². The molecule has 2 aliphatic rings. The molecule has 4 atom stereocenters. The fraction of sp³-hybridized carbons (Fsp3) is 0.600. The number of nitrogens with two attached hydrogens (primary N) is 1. The minimum atomic E-state index is 0.426. The van der Waals surface area contributed by atoms with Gasteiger partial charge in [0.25, 0.3) is 0 Å². The molecular formula is C15H22N2. The van der Waals surface area contributed by atoms with Crippen LogP contribution >= 0.6 is 0 Å². The molecule has 0 radical (unpaired) electrons. The highest BCUT2D eigenvalue weighted by atomic mass is 15.0. The Morgan fingerprint density at radius 2 is 1.88 bits per heavy atom. The van der Waals surface area contributed by atoms with E-state index in [1.807, 2.05) is 0 Å². The zero-order valence-electron chi connectivity index (χ0n) is 10.3. The van der Waals surface area contributed by atoms with Crippen LogP contribution in [0.2, 0.25) is 0 Å². The van der Waals surface area contributed by atoms with Crippen LogP contribution in [0.3, 0.4) is 0 Å². The zero-order valence-corrected chi connectivity index (χ0v) is 10.3. The summed E-state index contributed by atoms with van der Waals surface area (Å²) < 4.78 is 0. The first-order valence-corrected chi connectivity index (χ1v) is 6.89. The van der Waals surface area contributed by atoms with E-state index in [1.54, 1.807) is 0 Å². The van der Waals surface area contributed by atoms with Crippen molar-refractivity contribution in [1.82, 2.24) is 5.32 Å². The molecule has 2 unspecified atom stereocenters. The lowest BCUT2D eigenvalue weighted by Gasteiger charge is -2.27. The van der Waals surface area contributed by atoms with Crippen LogP contribution in [0, 0.1) is 0 Å². The molecule has 3 rings (SSSR count). The Balaban J connectivity index is 1.52. The molecule has 0 aromatic heterocycles. The summed E-state index contributed by atoms with van der Waals surface area (Å²) in [5.41, 5.74) is 7.52. The predicted octanol–water partition coefficient (Wildman–Crippen LogP) is 2.40. The molecule has 0 aliphatic heterocycles. The highest BCUT2D eigenvalue weighted by Crippen LogP contribution is 2.41. The van der Waals surface area contributed by atoms with Crippen LogP contribution in [0.1, 0.15) is 43.6 Å². The third-order valence-electron chi connectivity index (χ3n) is 4.18. The second-order valence-corrected chi connectivity index (χ2v) is 5.65. The van der Waals surface area contributed by atoms with Gasteiger partial charge in [-0.3, -0.25) is 0 Å². The fourth-order valence-electron chi connectivity index (χ4n) is 3.13. The van der Waals surface area contributed by atoms with E-state index in [0.29, 0.717) is 18.1 Å². The number of hydrogen-bond acceptors (Lipinski definition) is 2. The van der Waals surface area contributed by atoms with Gasteiger partial charge in [0.2, 0.25) is 0 Å². The number of benzene rings is 1. The smallest absolute Gasteiger partial charge is 0.0145 e. The molecule has 1 aromatic rings. The normalized spacial score (nSPS) is 36.8. The van der Waals surface area contributed by atoms with Crippen molar-refractivity contribution in [3.05, 3.63) is 35.9 Å². The Bertz CT molecular complexity index is 362. The van der Waals surface area contributed by atoms with Crippen LogP contribution < -0.4 is 11.1 Å². The molecule has 17 heavy (non-hydrogen) atoms. The molecule has 2 saturated carbocycles. The molecule has 0 amide bonds. The molecule has 0 spiro atoms. The summed E-state index contributed by atoms with van der Waals surface area (Å²) in [5.74, 6) is 0.745. The number of rotatable bonds is 3. The van der Waals surface area contributed by atoms with E-state index < -0.39 is 0 Å². The third kappa shape index (κ3) is 2.70. The van der Waals surface area contributed by atoms with Crippen LogP contribution in [0.15, 0.2) is 30.3 Å². The summed E-state index contributed by atoms with van der Waals surface area (Å²) >= 11 is 0. The summed E-state index contributed by atoms with van der Waals surface area (Å²) in [6, 6.07) is 12.7. The maximum absolute atomic E-state index is 6.03. The molecule has 2 aliphatic carbocycles. The summed E-state index contributed by atoms with van der Waals surface area (Å²) in [4.78, 5) is 0. The van der Waals surface area contributed by atoms with Crippen molar-refractivity contribution in [2.75, 3.05) is 0 Å². The van der Waals surface area contributed by atoms with Crippen molar-refractivity contribution in [3.8, 4) is 0 Å². The number of hydrogen-bond donors (Lipinski definition) is 2. The molecule has 1 aromatic carbocycles. The van der Waals surface area contributed by atoms with Crippen LogP contribution in [-0.4, -0.2) is 18.1 Å². The first kappa shape index (κ1) is 11.2. The van der Waals surface area contributed by atoms with Crippen LogP contribution in [0.5, 0.6) is 0 Å². The maximum Gasteiger partial charge on any atom is 0.0145 e. The quantitative estimate of drug-likeness (QED) is 0.837. The lowest BCUT2D eigenvalue weighted by molar-refractivity contribution is 0.336. The Morgan fingerprint density at radius 3 is 2.65 bits per heavy atom. The first-order valence-electron chi connectivity index (χ1n) is 6.89. The van der Waals surface area contributed by atoms with E-state index >= 15 is 0 Å². The molecule has 2 fully saturated rings. The van der Waals surface area contributed by atoms with E-state index in [1.165, 1.54) is 31.2 Å². The van der Waals surface area contributed by atoms with Crippen molar-refractivity contribution < 1.29 is 0 Å². The van der Waals surface area contributed by atoms with E-state index in [0.717, 1.165) is 12.3 Å². The van der Waals surface area contributed by atoms with Crippen LogP contribution in [-0.2, 0) is 0 Å². The Morgan fingerprint density at radius 1 is 1.06 bits per heavy atom. The van der Waals surface area contributed by atoms with E-state index in [4.69, 9.17) is 5.73 Å². The molecule has 2 heteroatoms. The highest BCUT2D eigenvalue weighted by molar-refractivity contribution is 5.27. The van der Waals surface area contributed by atoms with Crippen molar-refractivity contribution in [1.29, 1.82) is 0 Å². The van der Waals surface area contributed by atoms with Gasteiger partial charge in [-0.25, -0.2) is 0 Å². The lowest BCUT2D eigenvalue weighted by atomic mass is 9.91.